The van der Waals surface area contributed by atoms with Gasteiger partial charge in [0.15, 0.2) is 5.96 Å². The van der Waals surface area contributed by atoms with Crippen LogP contribution in [0.5, 0.6) is 0 Å². The monoisotopic (exact) mass is 324 g/mol. The Balaban J connectivity index is 1.72. The Kier molecular flexibility index (Phi) is 4.74. The number of rotatable bonds is 5. The summed E-state index contributed by atoms with van der Waals surface area (Å²) in [4.78, 5) is 20.7. The Morgan fingerprint density at radius 2 is 2.04 bits per heavy atom. The van der Waals surface area contributed by atoms with Crippen LogP contribution < -0.4 is 11.1 Å². The predicted octanol–water partition coefficient (Wildman–Crippen LogP) is 2.67. The van der Waals surface area contributed by atoms with Gasteiger partial charge in [-0.2, -0.15) is 0 Å². The number of esters is 1. The first-order chi connectivity index (χ1) is 11.7. The zero-order valence-corrected chi connectivity index (χ0v) is 13.5. The first-order valence-corrected chi connectivity index (χ1v) is 7.87. The van der Waals surface area contributed by atoms with Crippen LogP contribution in [0.2, 0.25) is 0 Å². The van der Waals surface area contributed by atoms with Crippen LogP contribution in [0.4, 0.5) is 5.69 Å². The third kappa shape index (κ3) is 3.90. The molecule has 1 fully saturated rings. The number of ether oxygens (including phenoxy) is 1. The summed E-state index contributed by atoms with van der Waals surface area (Å²) in [6.07, 6.45) is 2.11. The van der Waals surface area contributed by atoms with E-state index in [1.165, 1.54) is 7.11 Å². The van der Waals surface area contributed by atoms with Gasteiger partial charge in [-0.25, -0.2) is 9.79 Å². The second-order valence-electron chi connectivity index (χ2n) is 5.69. The number of carbonyl (C=O) groups is 1. The number of guanidine groups is 1. The number of nitrogens with one attached hydrogen (secondary N) is 1. The van der Waals surface area contributed by atoms with Gasteiger partial charge in [0.05, 0.1) is 30.6 Å². The summed E-state index contributed by atoms with van der Waals surface area (Å²) < 4.78 is 4.82. The number of benzene rings is 1. The van der Waals surface area contributed by atoms with Crippen molar-refractivity contribution in [3.63, 3.8) is 0 Å². The third-order valence-electron chi connectivity index (χ3n) is 3.81. The number of aromatic nitrogens is 1. The number of aliphatic imine (C=N–C) groups is 1. The van der Waals surface area contributed by atoms with Crippen molar-refractivity contribution in [3.8, 4) is 0 Å². The van der Waals surface area contributed by atoms with E-state index in [9.17, 15) is 4.79 Å². The number of nitrogens with two attached hydrogens (primary N) is 1. The van der Waals surface area contributed by atoms with Crippen LogP contribution in [0.3, 0.4) is 0 Å². The average molecular weight is 324 g/mol. The molecule has 3 rings (SSSR count). The molecule has 1 aromatic carbocycles. The van der Waals surface area contributed by atoms with E-state index >= 15 is 0 Å². The zero-order valence-electron chi connectivity index (χ0n) is 13.5. The molecular formula is C18H20N4O2. The van der Waals surface area contributed by atoms with E-state index in [0.717, 1.165) is 29.9 Å². The normalized spacial score (nSPS) is 14.3. The highest BCUT2D eigenvalue weighted by molar-refractivity contribution is 5.92. The highest BCUT2D eigenvalue weighted by Crippen LogP contribution is 2.40. The standard InChI is InChI=1S/C18H20N4O2/c1-24-17(23)15-10-9-14(21-16(15)12-7-8-12)11-20-18(19)22-13-5-3-2-4-6-13/h2-6,9-10,12H,7-8,11H2,1H3,(H3,19,20,22). The molecule has 0 atom stereocenters. The Morgan fingerprint density at radius 3 is 2.71 bits per heavy atom. The van der Waals surface area contributed by atoms with Gasteiger partial charge in [0.1, 0.15) is 0 Å². The van der Waals surface area contributed by atoms with Gasteiger partial charge in [-0.05, 0) is 37.1 Å². The minimum atomic E-state index is -0.343. The first-order valence-electron chi connectivity index (χ1n) is 7.87. The summed E-state index contributed by atoms with van der Waals surface area (Å²) in [5.74, 6) is 0.334. The minimum absolute atomic E-state index is 0.327. The lowest BCUT2D eigenvalue weighted by Crippen LogP contribution is -2.22. The lowest BCUT2D eigenvalue weighted by molar-refractivity contribution is 0.0598. The van der Waals surface area contributed by atoms with Crippen LogP contribution in [0.25, 0.3) is 0 Å². The van der Waals surface area contributed by atoms with Crippen LogP contribution in [0, 0.1) is 0 Å². The van der Waals surface area contributed by atoms with E-state index in [-0.39, 0.29) is 5.97 Å². The van der Waals surface area contributed by atoms with Gasteiger partial charge in [-0.15, -0.1) is 0 Å². The quantitative estimate of drug-likeness (QED) is 0.501. The Hall–Kier alpha value is -2.89. The number of para-hydroxylation sites is 1. The summed E-state index contributed by atoms with van der Waals surface area (Å²) in [5.41, 5.74) is 8.92. The molecule has 1 aliphatic rings. The Labute approximate surface area is 140 Å². The average Bonchev–Trinajstić information content (AvgIpc) is 3.45. The van der Waals surface area contributed by atoms with E-state index in [2.05, 4.69) is 15.3 Å². The van der Waals surface area contributed by atoms with Crippen LogP contribution in [0.15, 0.2) is 47.5 Å². The zero-order chi connectivity index (χ0) is 16.9. The van der Waals surface area contributed by atoms with Crippen LogP contribution in [-0.2, 0) is 11.3 Å². The van der Waals surface area contributed by atoms with Gasteiger partial charge in [0.25, 0.3) is 0 Å². The van der Waals surface area contributed by atoms with E-state index in [4.69, 9.17) is 10.5 Å². The topological polar surface area (TPSA) is 89.6 Å². The summed E-state index contributed by atoms with van der Waals surface area (Å²) in [6, 6.07) is 13.2. The smallest absolute Gasteiger partial charge is 0.339 e. The minimum Gasteiger partial charge on any atom is -0.465 e. The Morgan fingerprint density at radius 1 is 1.29 bits per heavy atom. The van der Waals surface area contributed by atoms with E-state index in [0.29, 0.717) is 24.0 Å². The Bertz CT molecular complexity index is 755. The van der Waals surface area contributed by atoms with Crippen LogP contribution in [0.1, 0.15) is 40.5 Å². The molecule has 2 aromatic rings. The number of pyridine rings is 1. The fourth-order valence-electron chi connectivity index (χ4n) is 2.43. The fraction of sp³-hybridized carbons (Fsp3) is 0.278. The van der Waals surface area contributed by atoms with Crippen molar-refractivity contribution in [2.24, 2.45) is 10.7 Å². The molecule has 1 aliphatic carbocycles. The number of carbonyl (C=O) groups excluding carboxylic acids is 1. The number of nitrogens with zero attached hydrogens (tertiary/aromatic N) is 2. The molecule has 0 radical (unpaired) electrons. The van der Waals surface area contributed by atoms with Crippen molar-refractivity contribution in [1.82, 2.24) is 4.98 Å². The van der Waals surface area contributed by atoms with Gasteiger partial charge >= 0.3 is 5.97 Å². The number of hydrogen-bond donors (Lipinski definition) is 2. The van der Waals surface area contributed by atoms with E-state index < -0.39 is 0 Å². The third-order valence-corrected chi connectivity index (χ3v) is 3.81. The number of anilines is 1. The molecule has 124 valence electrons. The maximum Gasteiger partial charge on any atom is 0.339 e. The SMILES string of the molecule is COC(=O)c1ccc(CN=C(N)Nc2ccccc2)nc1C1CC1. The predicted molar refractivity (Wildman–Crippen MR) is 92.9 cm³/mol. The second-order valence-corrected chi connectivity index (χ2v) is 5.69. The van der Waals surface area contributed by atoms with Gasteiger partial charge in [-0.1, -0.05) is 18.2 Å². The molecule has 0 saturated heterocycles. The molecule has 0 aliphatic heterocycles. The van der Waals surface area contributed by atoms with Crippen molar-refractivity contribution in [2.45, 2.75) is 25.3 Å². The van der Waals surface area contributed by atoms with Crippen molar-refractivity contribution < 1.29 is 9.53 Å². The maximum atomic E-state index is 11.8. The van der Waals surface area contributed by atoms with Crippen molar-refractivity contribution in [3.05, 3.63) is 59.4 Å². The van der Waals surface area contributed by atoms with Gasteiger partial charge in [0.2, 0.25) is 0 Å². The van der Waals surface area contributed by atoms with Crippen LogP contribution in [-0.4, -0.2) is 24.0 Å². The largest absolute Gasteiger partial charge is 0.465 e. The summed E-state index contributed by atoms with van der Waals surface area (Å²) >= 11 is 0. The highest BCUT2D eigenvalue weighted by Gasteiger charge is 2.30. The maximum absolute atomic E-state index is 11.8. The lowest BCUT2D eigenvalue weighted by atomic mass is 10.1. The lowest BCUT2D eigenvalue weighted by Gasteiger charge is -2.08. The van der Waals surface area contributed by atoms with E-state index in [1.807, 2.05) is 30.3 Å². The highest BCUT2D eigenvalue weighted by atomic mass is 16.5. The number of hydrogen-bond acceptors (Lipinski definition) is 4. The van der Waals surface area contributed by atoms with Crippen molar-refractivity contribution in [1.29, 1.82) is 0 Å². The summed E-state index contributed by atoms with van der Waals surface area (Å²) in [6.45, 7) is 0.354. The molecule has 3 N–H and O–H groups in total. The van der Waals surface area contributed by atoms with Gasteiger partial charge < -0.3 is 15.8 Å². The van der Waals surface area contributed by atoms with Gasteiger partial charge in [0, 0.05) is 11.6 Å². The summed E-state index contributed by atoms with van der Waals surface area (Å²) in [7, 11) is 1.38. The van der Waals surface area contributed by atoms with Crippen molar-refractivity contribution >= 4 is 17.6 Å². The molecule has 0 unspecified atom stereocenters. The molecular weight excluding hydrogens is 304 g/mol. The van der Waals surface area contributed by atoms with Crippen molar-refractivity contribution in [2.75, 3.05) is 12.4 Å². The van der Waals surface area contributed by atoms with E-state index in [1.54, 1.807) is 12.1 Å². The molecule has 1 heterocycles. The molecule has 0 bridgehead atoms. The van der Waals surface area contributed by atoms with Crippen LogP contribution >= 0.6 is 0 Å². The molecule has 1 aromatic heterocycles. The van der Waals surface area contributed by atoms with Gasteiger partial charge in [-0.3, -0.25) is 4.98 Å². The molecule has 6 heteroatoms. The molecule has 6 nitrogen and oxygen atoms in total. The molecule has 1 saturated carbocycles. The molecule has 0 spiro atoms. The fourth-order valence-corrected chi connectivity index (χ4v) is 2.43. The second kappa shape index (κ2) is 7.12. The molecule has 0 amide bonds. The summed E-state index contributed by atoms with van der Waals surface area (Å²) in [5, 5.41) is 3.03. The number of methoxy groups -OCH3 is 1. The first kappa shape index (κ1) is 16.0. The molecule has 24 heavy (non-hydrogen) atoms.